The highest BCUT2D eigenvalue weighted by Crippen LogP contribution is 2.31. The number of carbonyl (C=O) groups excluding carboxylic acids is 1. The Balaban J connectivity index is 1.41. The van der Waals surface area contributed by atoms with E-state index < -0.39 is 0 Å². The number of aryl methyl sites for hydroxylation is 1. The maximum Gasteiger partial charge on any atom is 0.240 e. The summed E-state index contributed by atoms with van der Waals surface area (Å²) in [4.78, 5) is 12.9. The second kappa shape index (κ2) is 7.88. The highest BCUT2D eigenvalue weighted by molar-refractivity contribution is 7.99. The molecule has 1 aliphatic heterocycles. The highest BCUT2D eigenvalue weighted by Gasteiger charge is 2.12. The van der Waals surface area contributed by atoms with E-state index in [0.717, 1.165) is 16.2 Å². The quantitative estimate of drug-likeness (QED) is 0.497. The third-order valence-corrected chi connectivity index (χ3v) is 4.43. The lowest BCUT2D eigenvalue weighted by molar-refractivity contribution is -0.120. The molecule has 24 heavy (non-hydrogen) atoms. The van der Waals surface area contributed by atoms with E-state index in [1.54, 1.807) is 18.0 Å². The van der Waals surface area contributed by atoms with Crippen molar-refractivity contribution in [1.82, 2.24) is 5.43 Å². The Hall–Kier alpha value is -2.47. The molecule has 1 heterocycles. The first-order valence-electron chi connectivity index (χ1n) is 7.62. The van der Waals surface area contributed by atoms with Crippen LogP contribution >= 0.6 is 11.8 Å². The van der Waals surface area contributed by atoms with Crippen molar-refractivity contribution in [3.8, 4) is 11.5 Å². The van der Waals surface area contributed by atoms with Gasteiger partial charge in [-0.15, -0.1) is 11.8 Å². The number of benzene rings is 2. The Bertz CT molecular complexity index is 744. The fourth-order valence-electron chi connectivity index (χ4n) is 2.12. The summed E-state index contributed by atoms with van der Waals surface area (Å²) in [6.07, 6.45) is 2.00. The minimum atomic E-state index is -0.105. The van der Waals surface area contributed by atoms with E-state index in [4.69, 9.17) is 9.47 Å². The number of ether oxygens (including phenoxy) is 2. The number of carbonyl (C=O) groups is 1. The molecule has 2 aromatic carbocycles. The Labute approximate surface area is 145 Å². The molecule has 3 rings (SSSR count). The van der Waals surface area contributed by atoms with E-state index in [1.807, 2.05) is 18.2 Å². The first-order chi connectivity index (χ1) is 11.7. The van der Waals surface area contributed by atoms with Gasteiger partial charge in [-0.2, -0.15) is 5.10 Å². The summed E-state index contributed by atoms with van der Waals surface area (Å²) in [7, 11) is 0. The molecule has 2 aromatic rings. The van der Waals surface area contributed by atoms with Gasteiger partial charge in [-0.3, -0.25) is 4.79 Å². The zero-order valence-corrected chi connectivity index (χ0v) is 14.1. The Morgan fingerprint density at radius 2 is 2.00 bits per heavy atom. The van der Waals surface area contributed by atoms with E-state index in [-0.39, 0.29) is 12.7 Å². The molecule has 0 atom stereocenters. The van der Waals surface area contributed by atoms with Crippen molar-refractivity contribution in [3.05, 3.63) is 53.6 Å². The Morgan fingerprint density at radius 3 is 2.83 bits per heavy atom. The van der Waals surface area contributed by atoms with Crippen LogP contribution in [0.1, 0.15) is 17.5 Å². The van der Waals surface area contributed by atoms with E-state index >= 15 is 0 Å². The van der Waals surface area contributed by atoms with Gasteiger partial charge in [-0.25, -0.2) is 5.43 Å². The van der Waals surface area contributed by atoms with E-state index in [0.29, 0.717) is 17.9 Å². The van der Waals surface area contributed by atoms with E-state index in [1.165, 1.54) is 5.56 Å². The average Bonchev–Trinajstić information content (AvgIpc) is 3.04. The zero-order valence-electron chi connectivity index (χ0n) is 13.3. The maximum absolute atomic E-state index is 11.8. The predicted octanol–water partition coefficient (Wildman–Crippen LogP) is 3.36. The van der Waals surface area contributed by atoms with E-state index in [9.17, 15) is 4.79 Å². The predicted molar refractivity (Wildman–Crippen MR) is 94.8 cm³/mol. The van der Waals surface area contributed by atoms with Crippen molar-refractivity contribution in [1.29, 1.82) is 0 Å². The monoisotopic (exact) mass is 342 g/mol. The topological polar surface area (TPSA) is 59.9 Å². The van der Waals surface area contributed by atoms with Gasteiger partial charge in [0.2, 0.25) is 12.7 Å². The van der Waals surface area contributed by atoms with Crippen LogP contribution in [0.25, 0.3) is 0 Å². The third kappa shape index (κ3) is 4.52. The van der Waals surface area contributed by atoms with Crippen LogP contribution in [0.4, 0.5) is 0 Å². The summed E-state index contributed by atoms with van der Waals surface area (Å²) >= 11 is 1.66. The van der Waals surface area contributed by atoms with Gasteiger partial charge >= 0.3 is 0 Å². The molecular weight excluding hydrogens is 324 g/mol. The van der Waals surface area contributed by atoms with Crippen LogP contribution in [-0.2, 0) is 4.79 Å². The van der Waals surface area contributed by atoms with Crippen molar-refractivity contribution in [2.75, 3.05) is 12.5 Å². The molecule has 124 valence electrons. The molecule has 0 fully saturated rings. The molecule has 0 unspecified atom stereocenters. The fraction of sp³-hybridized carbons (Fsp3) is 0.222. The fourth-order valence-corrected chi connectivity index (χ4v) is 2.98. The standard InChI is InChI=1S/C18H18N2O3S/c1-13-2-5-15(6-3-13)24-9-8-18(21)20-19-11-14-4-7-16-17(10-14)23-12-22-16/h2-7,10-11H,8-9,12H2,1H3,(H,20,21)/b19-11-. The lowest BCUT2D eigenvalue weighted by Gasteiger charge is -2.02. The molecular formula is C18H18N2O3S. The van der Waals surface area contributed by atoms with Crippen molar-refractivity contribution < 1.29 is 14.3 Å². The number of nitrogens with zero attached hydrogens (tertiary/aromatic N) is 1. The van der Waals surface area contributed by atoms with Gasteiger partial charge in [0.25, 0.3) is 0 Å². The number of amides is 1. The molecule has 1 amide bonds. The van der Waals surface area contributed by atoms with Crippen molar-refractivity contribution >= 4 is 23.9 Å². The van der Waals surface area contributed by atoms with Gasteiger partial charge < -0.3 is 9.47 Å². The molecule has 0 saturated heterocycles. The molecule has 0 saturated carbocycles. The summed E-state index contributed by atoms with van der Waals surface area (Å²) in [6, 6.07) is 13.8. The van der Waals surface area contributed by atoms with Crippen LogP contribution in [-0.4, -0.2) is 24.7 Å². The van der Waals surface area contributed by atoms with Crippen molar-refractivity contribution in [2.24, 2.45) is 5.10 Å². The Kier molecular flexibility index (Phi) is 5.38. The lowest BCUT2D eigenvalue weighted by atomic mass is 10.2. The average molecular weight is 342 g/mol. The number of hydrogen-bond donors (Lipinski definition) is 1. The number of nitrogens with one attached hydrogen (secondary N) is 1. The van der Waals surface area contributed by atoms with Gasteiger partial charge in [0.15, 0.2) is 11.5 Å². The first-order valence-corrected chi connectivity index (χ1v) is 8.60. The SMILES string of the molecule is Cc1ccc(SCCC(=O)N/N=C\c2ccc3c(c2)OCO3)cc1. The third-order valence-electron chi connectivity index (χ3n) is 3.42. The van der Waals surface area contributed by atoms with Gasteiger partial charge in [0.1, 0.15) is 0 Å². The number of rotatable bonds is 6. The molecule has 0 aromatic heterocycles. The summed E-state index contributed by atoms with van der Waals surface area (Å²) < 4.78 is 10.5. The minimum absolute atomic E-state index is 0.105. The first kappa shape index (κ1) is 16.4. The van der Waals surface area contributed by atoms with Gasteiger partial charge in [0.05, 0.1) is 6.21 Å². The summed E-state index contributed by atoms with van der Waals surface area (Å²) in [5, 5.41) is 3.97. The molecule has 6 heteroatoms. The number of thioether (sulfide) groups is 1. The normalized spacial score (nSPS) is 12.5. The Morgan fingerprint density at radius 1 is 1.21 bits per heavy atom. The second-order valence-electron chi connectivity index (χ2n) is 5.32. The highest BCUT2D eigenvalue weighted by atomic mass is 32.2. The lowest BCUT2D eigenvalue weighted by Crippen LogP contribution is -2.17. The van der Waals surface area contributed by atoms with Gasteiger partial charge in [0, 0.05) is 17.1 Å². The molecule has 0 spiro atoms. The molecule has 0 bridgehead atoms. The van der Waals surface area contributed by atoms with Gasteiger partial charge in [-0.05, 0) is 42.8 Å². The number of hydrazone groups is 1. The smallest absolute Gasteiger partial charge is 0.240 e. The second-order valence-corrected chi connectivity index (χ2v) is 6.49. The molecule has 0 aliphatic carbocycles. The summed E-state index contributed by atoms with van der Waals surface area (Å²) in [5.74, 6) is 2.03. The van der Waals surface area contributed by atoms with Crippen LogP contribution in [0.15, 0.2) is 52.5 Å². The molecule has 1 aliphatic rings. The van der Waals surface area contributed by atoms with E-state index in [2.05, 4.69) is 41.7 Å². The summed E-state index contributed by atoms with van der Waals surface area (Å²) in [5.41, 5.74) is 4.61. The van der Waals surface area contributed by atoms with Crippen molar-refractivity contribution in [3.63, 3.8) is 0 Å². The van der Waals surface area contributed by atoms with Crippen LogP contribution < -0.4 is 14.9 Å². The molecule has 0 radical (unpaired) electrons. The molecule has 1 N–H and O–H groups in total. The number of hydrogen-bond acceptors (Lipinski definition) is 5. The van der Waals surface area contributed by atoms with Crippen LogP contribution in [0, 0.1) is 6.92 Å². The summed E-state index contributed by atoms with van der Waals surface area (Å²) in [6.45, 7) is 2.30. The minimum Gasteiger partial charge on any atom is -0.454 e. The zero-order chi connectivity index (χ0) is 16.8. The molecule has 5 nitrogen and oxygen atoms in total. The van der Waals surface area contributed by atoms with Crippen molar-refractivity contribution in [2.45, 2.75) is 18.2 Å². The van der Waals surface area contributed by atoms with Crippen LogP contribution in [0.2, 0.25) is 0 Å². The maximum atomic E-state index is 11.8. The number of fused-ring (bicyclic) bond motifs is 1. The van der Waals surface area contributed by atoms with Crippen LogP contribution in [0.5, 0.6) is 11.5 Å². The van der Waals surface area contributed by atoms with Crippen LogP contribution in [0.3, 0.4) is 0 Å². The van der Waals surface area contributed by atoms with Gasteiger partial charge in [-0.1, -0.05) is 17.7 Å². The largest absolute Gasteiger partial charge is 0.454 e.